The van der Waals surface area contributed by atoms with Gasteiger partial charge in [-0.05, 0) is 42.7 Å². The van der Waals surface area contributed by atoms with Crippen molar-refractivity contribution in [1.82, 2.24) is 35.4 Å². The van der Waals surface area contributed by atoms with E-state index >= 15 is 0 Å². The fourth-order valence-corrected chi connectivity index (χ4v) is 5.22. The quantitative estimate of drug-likeness (QED) is 0.675. The standard InChI is InChI=1S/C21H26N8O/c1-3-17-16(9-14(1)15-2-4-19-24-13-25-29(19)11-15)21(27-26-17)18-10-20(23-12-22-18)28-5-7-30-8-6-28/h2,4,10-14,16-17,21,26-27H,1,3,5-9H2. The molecule has 4 unspecified atom stereocenters. The van der Waals surface area contributed by atoms with E-state index in [1.807, 2.05) is 4.52 Å². The van der Waals surface area contributed by atoms with Gasteiger partial charge in [-0.1, -0.05) is 6.07 Å². The summed E-state index contributed by atoms with van der Waals surface area (Å²) >= 11 is 0. The van der Waals surface area contributed by atoms with E-state index in [1.165, 1.54) is 12.0 Å². The zero-order valence-corrected chi connectivity index (χ0v) is 16.8. The van der Waals surface area contributed by atoms with Crippen LogP contribution in [0.1, 0.15) is 42.5 Å². The molecule has 2 saturated heterocycles. The molecule has 3 aromatic rings. The first kappa shape index (κ1) is 18.2. The maximum absolute atomic E-state index is 5.48. The molecule has 2 aliphatic heterocycles. The summed E-state index contributed by atoms with van der Waals surface area (Å²) in [6, 6.07) is 7.09. The molecule has 156 valence electrons. The zero-order chi connectivity index (χ0) is 19.9. The third kappa shape index (κ3) is 3.23. The highest BCUT2D eigenvalue weighted by molar-refractivity contribution is 5.41. The molecule has 4 atom stereocenters. The fraction of sp³-hybridized carbons (Fsp3) is 0.524. The highest BCUT2D eigenvalue weighted by Crippen LogP contribution is 2.43. The van der Waals surface area contributed by atoms with Crippen LogP contribution in [0.15, 0.2) is 37.1 Å². The molecule has 3 aliphatic rings. The van der Waals surface area contributed by atoms with Gasteiger partial charge in [-0.3, -0.25) is 5.43 Å². The maximum atomic E-state index is 5.48. The Kier molecular flexibility index (Phi) is 4.59. The highest BCUT2D eigenvalue weighted by Gasteiger charge is 2.42. The highest BCUT2D eigenvalue weighted by atomic mass is 16.5. The molecular weight excluding hydrogens is 380 g/mol. The van der Waals surface area contributed by atoms with Crippen molar-refractivity contribution >= 4 is 11.5 Å². The van der Waals surface area contributed by atoms with Crippen LogP contribution in [-0.4, -0.2) is 56.9 Å². The summed E-state index contributed by atoms with van der Waals surface area (Å²) in [5, 5.41) is 4.31. The minimum atomic E-state index is 0.190. The van der Waals surface area contributed by atoms with Crippen LogP contribution in [0, 0.1) is 5.92 Å². The molecule has 0 aromatic carbocycles. The summed E-state index contributed by atoms with van der Waals surface area (Å²) in [6.45, 7) is 3.27. The lowest BCUT2D eigenvalue weighted by atomic mass is 9.73. The van der Waals surface area contributed by atoms with Gasteiger partial charge >= 0.3 is 0 Å². The van der Waals surface area contributed by atoms with E-state index in [4.69, 9.17) is 4.74 Å². The Morgan fingerprint density at radius 2 is 1.93 bits per heavy atom. The lowest BCUT2D eigenvalue weighted by Crippen LogP contribution is -2.37. The van der Waals surface area contributed by atoms with Crippen molar-refractivity contribution in [2.75, 3.05) is 31.2 Å². The van der Waals surface area contributed by atoms with Crippen LogP contribution in [0.4, 0.5) is 5.82 Å². The number of nitrogens with zero attached hydrogens (tertiary/aromatic N) is 6. The van der Waals surface area contributed by atoms with Crippen LogP contribution < -0.4 is 15.8 Å². The Labute approximate surface area is 174 Å². The van der Waals surface area contributed by atoms with Gasteiger partial charge in [0.15, 0.2) is 5.65 Å². The van der Waals surface area contributed by atoms with Gasteiger partial charge < -0.3 is 9.64 Å². The van der Waals surface area contributed by atoms with Crippen LogP contribution in [0.25, 0.3) is 5.65 Å². The maximum Gasteiger partial charge on any atom is 0.155 e. The predicted molar refractivity (Wildman–Crippen MR) is 111 cm³/mol. The molecule has 2 N–H and O–H groups in total. The van der Waals surface area contributed by atoms with Crippen molar-refractivity contribution in [2.24, 2.45) is 5.92 Å². The third-order valence-corrected chi connectivity index (χ3v) is 6.85. The number of nitrogens with one attached hydrogen (secondary N) is 2. The van der Waals surface area contributed by atoms with Gasteiger partial charge in [-0.15, -0.1) is 0 Å². The number of fused-ring (bicyclic) bond motifs is 2. The minimum Gasteiger partial charge on any atom is -0.378 e. The number of rotatable bonds is 3. The van der Waals surface area contributed by atoms with E-state index in [1.54, 1.807) is 12.7 Å². The first-order chi connectivity index (χ1) is 14.8. The molecule has 0 bridgehead atoms. The second-order valence-corrected chi connectivity index (χ2v) is 8.47. The number of hydrogen-bond acceptors (Lipinski definition) is 8. The number of morpholine rings is 1. The van der Waals surface area contributed by atoms with E-state index in [0.29, 0.717) is 17.9 Å². The summed E-state index contributed by atoms with van der Waals surface area (Å²) in [4.78, 5) is 15.7. The van der Waals surface area contributed by atoms with Crippen molar-refractivity contribution in [3.8, 4) is 0 Å². The van der Waals surface area contributed by atoms with Gasteiger partial charge in [-0.2, -0.15) is 5.10 Å². The van der Waals surface area contributed by atoms with Crippen molar-refractivity contribution in [2.45, 2.75) is 37.3 Å². The Bertz CT molecular complexity index is 1030. The van der Waals surface area contributed by atoms with Gasteiger partial charge in [0.2, 0.25) is 0 Å². The molecule has 0 radical (unpaired) electrons. The largest absolute Gasteiger partial charge is 0.378 e. The molecule has 9 heteroatoms. The van der Waals surface area contributed by atoms with Gasteiger partial charge in [0, 0.05) is 31.4 Å². The Morgan fingerprint density at radius 3 is 2.87 bits per heavy atom. The lowest BCUT2D eigenvalue weighted by molar-refractivity contribution is 0.122. The first-order valence-electron chi connectivity index (χ1n) is 10.8. The normalized spacial score (nSPS) is 29.3. The Balaban J connectivity index is 1.24. The smallest absolute Gasteiger partial charge is 0.155 e. The van der Waals surface area contributed by atoms with Crippen molar-refractivity contribution in [1.29, 1.82) is 0 Å². The van der Waals surface area contributed by atoms with Crippen LogP contribution in [0.2, 0.25) is 0 Å². The molecule has 6 rings (SSSR count). The second-order valence-electron chi connectivity index (χ2n) is 8.47. The molecule has 3 aromatic heterocycles. The second kappa shape index (κ2) is 7.57. The van der Waals surface area contributed by atoms with E-state index in [9.17, 15) is 0 Å². The van der Waals surface area contributed by atoms with Crippen LogP contribution >= 0.6 is 0 Å². The number of pyridine rings is 1. The fourth-order valence-electron chi connectivity index (χ4n) is 5.22. The topological polar surface area (TPSA) is 92.5 Å². The SMILES string of the molecule is c1nc(C2NNC3CCC(c4ccc5ncnn5c4)CC32)cc(N2CCOCC2)n1. The number of hydrogen-bond donors (Lipinski definition) is 2. The van der Waals surface area contributed by atoms with Gasteiger partial charge in [-0.25, -0.2) is 24.9 Å². The molecular formula is C21H26N8O. The molecule has 9 nitrogen and oxygen atoms in total. The number of ether oxygens (including phenoxy) is 1. The number of hydrazine groups is 1. The van der Waals surface area contributed by atoms with Gasteiger partial charge in [0.05, 0.1) is 24.9 Å². The summed E-state index contributed by atoms with van der Waals surface area (Å²) in [7, 11) is 0. The number of anilines is 1. The summed E-state index contributed by atoms with van der Waals surface area (Å²) in [6.07, 6.45) is 8.89. The monoisotopic (exact) mass is 406 g/mol. The summed E-state index contributed by atoms with van der Waals surface area (Å²) in [5.41, 5.74) is 10.4. The average Bonchev–Trinajstić information content (AvgIpc) is 3.45. The molecule has 30 heavy (non-hydrogen) atoms. The average molecular weight is 406 g/mol. The minimum absolute atomic E-state index is 0.190. The molecule has 0 spiro atoms. The van der Waals surface area contributed by atoms with Crippen LogP contribution in [0.5, 0.6) is 0 Å². The Hall–Kier alpha value is -2.62. The Morgan fingerprint density at radius 1 is 1.00 bits per heavy atom. The number of aromatic nitrogens is 5. The lowest BCUT2D eigenvalue weighted by Gasteiger charge is -2.33. The van der Waals surface area contributed by atoms with E-state index in [-0.39, 0.29) is 6.04 Å². The molecule has 1 aliphatic carbocycles. The summed E-state index contributed by atoms with van der Waals surface area (Å²) < 4.78 is 7.36. The van der Waals surface area contributed by atoms with Crippen molar-refractivity contribution in [3.63, 3.8) is 0 Å². The molecule has 0 amide bonds. The predicted octanol–water partition coefficient (Wildman–Crippen LogP) is 1.46. The third-order valence-electron chi connectivity index (χ3n) is 6.85. The van der Waals surface area contributed by atoms with Gasteiger partial charge in [0.1, 0.15) is 18.5 Å². The molecule has 5 heterocycles. The van der Waals surface area contributed by atoms with Gasteiger partial charge in [0.25, 0.3) is 0 Å². The molecule has 1 saturated carbocycles. The van der Waals surface area contributed by atoms with Crippen molar-refractivity contribution in [3.05, 3.63) is 48.3 Å². The van der Waals surface area contributed by atoms with Crippen LogP contribution in [0.3, 0.4) is 0 Å². The van der Waals surface area contributed by atoms with Crippen LogP contribution in [-0.2, 0) is 4.74 Å². The van der Waals surface area contributed by atoms with Crippen molar-refractivity contribution < 1.29 is 4.74 Å². The zero-order valence-electron chi connectivity index (χ0n) is 16.8. The summed E-state index contributed by atoms with van der Waals surface area (Å²) in [5.74, 6) is 2.00. The molecule has 3 fully saturated rings. The first-order valence-corrected chi connectivity index (χ1v) is 10.8. The van der Waals surface area contributed by atoms with E-state index in [0.717, 1.165) is 56.3 Å². The van der Waals surface area contributed by atoms with E-state index < -0.39 is 0 Å². The van der Waals surface area contributed by atoms with E-state index in [2.05, 4.69) is 60.2 Å².